The summed E-state index contributed by atoms with van der Waals surface area (Å²) >= 11 is 2.97. The second-order valence-corrected chi connectivity index (χ2v) is 9.48. The van der Waals surface area contributed by atoms with E-state index >= 15 is 0 Å². The number of nitrogens with zero attached hydrogens (tertiary/aromatic N) is 3. The van der Waals surface area contributed by atoms with E-state index < -0.39 is 0 Å². The molecule has 26 heavy (non-hydrogen) atoms. The Morgan fingerprint density at radius 3 is 2.73 bits per heavy atom. The first-order chi connectivity index (χ1) is 12.4. The third kappa shape index (κ3) is 4.76. The molecular weight excluding hydrogens is 364 g/mol. The van der Waals surface area contributed by atoms with Gasteiger partial charge in [-0.3, -0.25) is 4.79 Å². The van der Waals surface area contributed by atoms with Gasteiger partial charge in [0.05, 0.1) is 5.75 Å². The summed E-state index contributed by atoms with van der Waals surface area (Å²) in [4.78, 5) is 14.5. The lowest BCUT2D eigenvalue weighted by molar-refractivity contribution is -0.130. The zero-order valence-corrected chi connectivity index (χ0v) is 17.4. The largest absolute Gasteiger partial charge is 0.341 e. The lowest BCUT2D eigenvalue weighted by Gasteiger charge is -2.34. The zero-order chi connectivity index (χ0) is 18.7. The van der Waals surface area contributed by atoms with Gasteiger partial charge in [-0.05, 0) is 49.3 Å². The van der Waals surface area contributed by atoms with Crippen LogP contribution in [0.3, 0.4) is 0 Å². The number of hydrogen-bond acceptors (Lipinski definition) is 6. The molecule has 140 valence electrons. The number of thioether (sulfide) groups is 1. The summed E-state index contributed by atoms with van der Waals surface area (Å²) in [5, 5.41) is 12.5. The van der Waals surface area contributed by atoms with Crippen molar-refractivity contribution in [3.8, 4) is 0 Å². The lowest BCUT2D eigenvalue weighted by atomic mass is 9.92. The molecule has 1 saturated heterocycles. The summed E-state index contributed by atoms with van der Waals surface area (Å²) in [5.74, 6) is 1.80. The van der Waals surface area contributed by atoms with Gasteiger partial charge in [0.15, 0.2) is 4.34 Å². The average Bonchev–Trinajstić information content (AvgIpc) is 3.03. The molecule has 5 nitrogen and oxygen atoms in total. The van der Waals surface area contributed by atoms with Crippen LogP contribution in [-0.4, -0.2) is 39.8 Å². The fraction of sp³-hybridized carbons (Fsp3) is 0.526. The number of likely N-dealkylation sites (tertiary alicyclic amines) is 1. The van der Waals surface area contributed by atoms with Crippen LogP contribution in [0.15, 0.2) is 22.5 Å². The molecule has 0 spiro atoms. The van der Waals surface area contributed by atoms with Crippen molar-refractivity contribution in [1.82, 2.24) is 15.1 Å². The number of hydrogen-bond donors (Lipinski definition) is 1. The van der Waals surface area contributed by atoms with Crippen LogP contribution in [0.4, 0.5) is 10.8 Å². The Hall–Kier alpha value is -1.60. The van der Waals surface area contributed by atoms with E-state index in [9.17, 15) is 4.79 Å². The highest BCUT2D eigenvalue weighted by Gasteiger charge is 2.25. The van der Waals surface area contributed by atoms with E-state index in [1.165, 1.54) is 40.6 Å². The van der Waals surface area contributed by atoms with E-state index in [1.807, 2.05) is 17.0 Å². The Kier molecular flexibility index (Phi) is 6.19. The van der Waals surface area contributed by atoms with Gasteiger partial charge in [-0.15, -0.1) is 10.2 Å². The number of aromatic nitrogens is 2. The second kappa shape index (κ2) is 8.39. The predicted octanol–water partition coefficient (Wildman–Crippen LogP) is 4.50. The molecule has 1 aliphatic rings. The molecule has 0 radical (unpaired) electrons. The maximum Gasteiger partial charge on any atom is 0.233 e. The standard InChI is InChI=1S/C19H26N4OS2/c1-12-8-13(2)10-23(9-12)17(24)11-25-19-22-21-18(26-19)20-16-7-5-6-14(3)15(16)4/h5-7,12-13H,8-11H2,1-4H3,(H,20,21)/t12-,13-/m1/s1. The molecule has 1 N–H and O–H groups in total. The van der Waals surface area contributed by atoms with Gasteiger partial charge >= 0.3 is 0 Å². The Labute approximate surface area is 163 Å². The quantitative estimate of drug-likeness (QED) is 0.762. The highest BCUT2D eigenvalue weighted by molar-refractivity contribution is 8.01. The number of rotatable bonds is 5. The van der Waals surface area contributed by atoms with Crippen LogP contribution < -0.4 is 5.32 Å². The van der Waals surface area contributed by atoms with Crippen LogP contribution in [-0.2, 0) is 4.79 Å². The van der Waals surface area contributed by atoms with Crippen LogP contribution in [0.25, 0.3) is 0 Å². The third-order valence-electron chi connectivity index (χ3n) is 4.79. The van der Waals surface area contributed by atoms with Crippen molar-refractivity contribution in [2.45, 2.75) is 38.5 Å². The summed E-state index contributed by atoms with van der Waals surface area (Å²) in [6.45, 7) is 10.4. The van der Waals surface area contributed by atoms with Crippen LogP contribution in [0, 0.1) is 25.7 Å². The van der Waals surface area contributed by atoms with E-state index in [2.05, 4.69) is 49.3 Å². The maximum atomic E-state index is 12.5. The molecular formula is C19H26N4OS2. The molecule has 2 atom stereocenters. The fourth-order valence-corrected chi connectivity index (χ4v) is 5.07. The predicted molar refractivity (Wildman–Crippen MR) is 109 cm³/mol. The summed E-state index contributed by atoms with van der Waals surface area (Å²) in [5.41, 5.74) is 3.50. The molecule has 7 heteroatoms. The Bertz CT molecular complexity index is 767. The van der Waals surface area contributed by atoms with Crippen molar-refractivity contribution in [2.75, 3.05) is 24.2 Å². The number of carbonyl (C=O) groups excluding carboxylic acids is 1. The van der Waals surface area contributed by atoms with Crippen molar-refractivity contribution in [2.24, 2.45) is 11.8 Å². The minimum absolute atomic E-state index is 0.202. The van der Waals surface area contributed by atoms with Gasteiger partial charge in [-0.2, -0.15) is 0 Å². The average molecular weight is 391 g/mol. The van der Waals surface area contributed by atoms with Gasteiger partial charge in [-0.25, -0.2) is 0 Å². The minimum atomic E-state index is 0.202. The first-order valence-corrected chi connectivity index (χ1v) is 10.8. The normalized spacial score (nSPS) is 20.2. The Balaban J connectivity index is 1.55. The van der Waals surface area contributed by atoms with Gasteiger partial charge in [0.2, 0.25) is 11.0 Å². The maximum absolute atomic E-state index is 12.5. The third-order valence-corrected chi connectivity index (χ3v) is 6.75. The first kappa shape index (κ1) is 19.2. The monoisotopic (exact) mass is 390 g/mol. The number of aryl methyl sites for hydroxylation is 1. The number of carbonyl (C=O) groups is 1. The van der Waals surface area contributed by atoms with Gasteiger partial charge in [0.25, 0.3) is 0 Å². The van der Waals surface area contributed by atoms with E-state index in [0.717, 1.165) is 28.2 Å². The molecule has 3 rings (SSSR count). The van der Waals surface area contributed by atoms with E-state index in [4.69, 9.17) is 0 Å². The number of benzene rings is 1. The number of piperidine rings is 1. The number of nitrogens with one attached hydrogen (secondary N) is 1. The molecule has 2 aromatic rings. The summed E-state index contributed by atoms with van der Waals surface area (Å²) < 4.78 is 0.823. The van der Waals surface area contributed by atoms with Crippen LogP contribution in [0.1, 0.15) is 31.4 Å². The molecule has 1 aromatic carbocycles. The van der Waals surface area contributed by atoms with E-state index in [0.29, 0.717) is 17.6 Å². The summed E-state index contributed by atoms with van der Waals surface area (Å²) in [6.07, 6.45) is 1.21. The molecule has 2 heterocycles. The molecule has 0 bridgehead atoms. The minimum Gasteiger partial charge on any atom is -0.341 e. The topological polar surface area (TPSA) is 58.1 Å². The van der Waals surface area contributed by atoms with Crippen LogP contribution in [0.5, 0.6) is 0 Å². The summed E-state index contributed by atoms with van der Waals surface area (Å²) in [7, 11) is 0. The van der Waals surface area contributed by atoms with Crippen LogP contribution in [0.2, 0.25) is 0 Å². The zero-order valence-electron chi connectivity index (χ0n) is 15.8. The molecule has 0 aliphatic carbocycles. The van der Waals surface area contributed by atoms with Crippen molar-refractivity contribution in [3.63, 3.8) is 0 Å². The second-order valence-electron chi connectivity index (χ2n) is 7.28. The van der Waals surface area contributed by atoms with Crippen molar-refractivity contribution in [1.29, 1.82) is 0 Å². The molecule has 1 fully saturated rings. The Morgan fingerprint density at radius 1 is 1.27 bits per heavy atom. The number of anilines is 2. The first-order valence-electron chi connectivity index (χ1n) is 8.99. The Morgan fingerprint density at radius 2 is 2.00 bits per heavy atom. The molecule has 1 aromatic heterocycles. The summed E-state index contributed by atoms with van der Waals surface area (Å²) in [6, 6.07) is 6.16. The highest BCUT2D eigenvalue weighted by Crippen LogP contribution is 2.30. The van der Waals surface area contributed by atoms with Gasteiger partial charge < -0.3 is 10.2 Å². The van der Waals surface area contributed by atoms with Gasteiger partial charge in [0, 0.05) is 18.8 Å². The molecule has 0 saturated carbocycles. The van der Waals surface area contributed by atoms with Crippen molar-refractivity contribution >= 4 is 39.8 Å². The smallest absolute Gasteiger partial charge is 0.233 e. The molecule has 1 amide bonds. The number of amides is 1. The van der Waals surface area contributed by atoms with Crippen molar-refractivity contribution < 1.29 is 4.79 Å². The fourth-order valence-electron chi connectivity index (χ4n) is 3.40. The SMILES string of the molecule is Cc1cccc(Nc2nnc(SCC(=O)N3C[C@H](C)C[C@@H](C)C3)s2)c1C. The lowest BCUT2D eigenvalue weighted by Crippen LogP contribution is -2.43. The van der Waals surface area contributed by atoms with E-state index in [-0.39, 0.29) is 5.91 Å². The van der Waals surface area contributed by atoms with E-state index in [1.54, 1.807) is 0 Å². The molecule has 0 unspecified atom stereocenters. The van der Waals surface area contributed by atoms with Gasteiger partial charge in [0.1, 0.15) is 0 Å². The van der Waals surface area contributed by atoms with Crippen molar-refractivity contribution in [3.05, 3.63) is 29.3 Å². The van der Waals surface area contributed by atoms with Crippen LogP contribution >= 0.6 is 23.1 Å². The highest BCUT2D eigenvalue weighted by atomic mass is 32.2. The molecule has 1 aliphatic heterocycles. The van der Waals surface area contributed by atoms with Gasteiger partial charge in [-0.1, -0.05) is 49.1 Å².